The first-order chi connectivity index (χ1) is 10.2. The van der Waals surface area contributed by atoms with Crippen molar-refractivity contribution in [3.8, 4) is 0 Å². The lowest BCUT2D eigenvalue weighted by atomic mass is 10.1. The summed E-state index contributed by atoms with van der Waals surface area (Å²) in [5.41, 5.74) is 2.85. The molecule has 0 amide bonds. The highest BCUT2D eigenvalue weighted by atomic mass is 32.1. The molecule has 0 bridgehead atoms. The van der Waals surface area contributed by atoms with Gasteiger partial charge in [-0.15, -0.1) is 11.3 Å². The number of rotatable bonds is 6. The van der Waals surface area contributed by atoms with Crippen molar-refractivity contribution in [2.24, 2.45) is 7.05 Å². The lowest BCUT2D eigenvalue weighted by molar-refractivity contribution is 0.562. The number of aryl methyl sites for hydroxylation is 2. The third-order valence-corrected chi connectivity index (χ3v) is 4.95. The number of nitrogens with zero attached hydrogens (tertiary/aromatic N) is 1. The quantitative estimate of drug-likeness (QED) is 0.662. The van der Waals surface area contributed by atoms with Gasteiger partial charge in [0.25, 0.3) is 0 Å². The number of hydrogen-bond donors (Lipinski definition) is 1. The third-order valence-electron chi connectivity index (χ3n) is 3.96. The lowest BCUT2D eigenvalue weighted by Crippen LogP contribution is -2.20. The Hall–Kier alpha value is -1.58. The summed E-state index contributed by atoms with van der Waals surface area (Å²) in [6, 6.07) is 11.3. The molecular weight excluding hydrogens is 276 g/mol. The molecule has 0 aliphatic rings. The van der Waals surface area contributed by atoms with Gasteiger partial charge in [-0.05, 0) is 60.3 Å². The normalized spacial score (nSPS) is 12.9. The molecule has 3 heteroatoms. The van der Waals surface area contributed by atoms with Crippen molar-refractivity contribution in [2.75, 3.05) is 6.54 Å². The van der Waals surface area contributed by atoms with Crippen LogP contribution in [0.5, 0.6) is 0 Å². The SMILES string of the molecule is CC(NCCCc1ccn(C)c1)c1csc2ccccc12. The Kier molecular flexibility index (Phi) is 4.42. The maximum absolute atomic E-state index is 3.65. The fourth-order valence-corrected chi connectivity index (χ4v) is 3.82. The average molecular weight is 298 g/mol. The summed E-state index contributed by atoms with van der Waals surface area (Å²) in [5.74, 6) is 0. The van der Waals surface area contributed by atoms with Crippen LogP contribution in [0.3, 0.4) is 0 Å². The van der Waals surface area contributed by atoms with E-state index in [2.05, 4.69) is 72.0 Å². The molecule has 1 unspecified atom stereocenters. The van der Waals surface area contributed by atoms with E-state index in [0.717, 1.165) is 13.0 Å². The minimum absolute atomic E-state index is 0.414. The van der Waals surface area contributed by atoms with Crippen LogP contribution in [-0.2, 0) is 13.5 Å². The molecule has 2 heterocycles. The minimum Gasteiger partial charge on any atom is -0.357 e. The molecule has 1 aromatic carbocycles. The Morgan fingerprint density at radius 2 is 2.10 bits per heavy atom. The van der Waals surface area contributed by atoms with Gasteiger partial charge in [0.2, 0.25) is 0 Å². The second kappa shape index (κ2) is 6.46. The third kappa shape index (κ3) is 3.36. The molecule has 2 nitrogen and oxygen atoms in total. The zero-order valence-electron chi connectivity index (χ0n) is 12.7. The number of thiophene rings is 1. The summed E-state index contributed by atoms with van der Waals surface area (Å²) in [7, 11) is 2.07. The van der Waals surface area contributed by atoms with Crippen LogP contribution in [0.15, 0.2) is 48.1 Å². The number of nitrogens with one attached hydrogen (secondary N) is 1. The average Bonchev–Trinajstić information content (AvgIpc) is 3.09. The minimum atomic E-state index is 0.414. The second-order valence-electron chi connectivity index (χ2n) is 5.65. The van der Waals surface area contributed by atoms with E-state index in [1.54, 1.807) is 0 Å². The van der Waals surface area contributed by atoms with Crippen molar-refractivity contribution in [2.45, 2.75) is 25.8 Å². The molecule has 0 fully saturated rings. The van der Waals surface area contributed by atoms with E-state index in [1.165, 1.54) is 27.6 Å². The predicted molar refractivity (Wildman–Crippen MR) is 92.0 cm³/mol. The predicted octanol–water partition coefficient (Wildman–Crippen LogP) is 4.52. The van der Waals surface area contributed by atoms with Gasteiger partial charge in [0.1, 0.15) is 0 Å². The zero-order chi connectivity index (χ0) is 14.7. The fraction of sp³-hybridized carbons (Fsp3) is 0.333. The first-order valence-corrected chi connectivity index (χ1v) is 8.42. The van der Waals surface area contributed by atoms with Crippen LogP contribution in [0.25, 0.3) is 10.1 Å². The monoisotopic (exact) mass is 298 g/mol. The molecule has 0 spiro atoms. The molecule has 0 radical (unpaired) electrons. The molecule has 0 aliphatic carbocycles. The van der Waals surface area contributed by atoms with E-state index in [9.17, 15) is 0 Å². The van der Waals surface area contributed by atoms with Crippen molar-refractivity contribution in [3.63, 3.8) is 0 Å². The Bertz CT molecular complexity index is 711. The maximum Gasteiger partial charge on any atom is 0.0346 e. The largest absolute Gasteiger partial charge is 0.357 e. The van der Waals surface area contributed by atoms with E-state index in [-0.39, 0.29) is 0 Å². The molecule has 0 saturated heterocycles. The van der Waals surface area contributed by atoms with Crippen molar-refractivity contribution in [1.82, 2.24) is 9.88 Å². The highest BCUT2D eigenvalue weighted by Gasteiger charge is 2.10. The molecule has 1 atom stereocenters. The van der Waals surface area contributed by atoms with E-state index >= 15 is 0 Å². The van der Waals surface area contributed by atoms with E-state index in [4.69, 9.17) is 0 Å². The molecule has 3 rings (SSSR count). The van der Waals surface area contributed by atoms with E-state index in [0.29, 0.717) is 6.04 Å². The Morgan fingerprint density at radius 1 is 1.24 bits per heavy atom. The van der Waals surface area contributed by atoms with E-state index in [1.807, 2.05) is 11.3 Å². The molecular formula is C18H22N2S. The summed E-state index contributed by atoms with van der Waals surface area (Å²) in [4.78, 5) is 0. The van der Waals surface area contributed by atoms with Crippen molar-refractivity contribution in [1.29, 1.82) is 0 Å². The van der Waals surface area contributed by atoms with Gasteiger partial charge in [0, 0.05) is 30.2 Å². The highest BCUT2D eigenvalue weighted by Crippen LogP contribution is 2.29. The van der Waals surface area contributed by atoms with Crippen LogP contribution in [0.2, 0.25) is 0 Å². The van der Waals surface area contributed by atoms with Crippen molar-refractivity contribution < 1.29 is 0 Å². The molecule has 0 saturated carbocycles. The summed E-state index contributed by atoms with van der Waals surface area (Å²) in [6.45, 7) is 3.32. The molecule has 0 aliphatic heterocycles. The fourth-order valence-electron chi connectivity index (χ4n) is 2.76. The van der Waals surface area contributed by atoms with Gasteiger partial charge in [-0.3, -0.25) is 0 Å². The van der Waals surface area contributed by atoms with Crippen LogP contribution < -0.4 is 5.32 Å². The second-order valence-corrected chi connectivity index (χ2v) is 6.56. The van der Waals surface area contributed by atoms with Crippen LogP contribution in [0, 0.1) is 0 Å². The van der Waals surface area contributed by atoms with Crippen molar-refractivity contribution >= 4 is 21.4 Å². The standard InChI is InChI=1S/C18H22N2S/c1-14(17-13-21-18-8-4-3-7-16(17)18)19-10-5-6-15-9-11-20(2)12-15/h3-4,7-9,11-14,19H,5-6,10H2,1-2H3. The van der Waals surface area contributed by atoms with Gasteiger partial charge in [-0.1, -0.05) is 18.2 Å². The van der Waals surface area contributed by atoms with Gasteiger partial charge in [0.05, 0.1) is 0 Å². The topological polar surface area (TPSA) is 17.0 Å². The number of hydrogen-bond acceptors (Lipinski definition) is 2. The van der Waals surface area contributed by atoms with Gasteiger partial charge < -0.3 is 9.88 Å². The van der Waals surface area contributed by atoms with Crippen LogP contribution in [0.1, 0.15) is 30.5 Å². The number of aromatic nitrogens is 1. The summed E-state index contributed by atoms with van der Waals surface area (Å²) in [6.07, 6.45) is 6.64. The Balaban J connectivity index is 1.53. The zero-order valence-corrected chi connectivity index (χ0v) is 13.5. The molecule has 21 heavy (non-hydrogen) atoms. The first kappa shape index (κ1) is 14.4. The van der Waals surface area contributed by atoms with Gasteiger partial charge >= 0.3 is 0 Å². The Morgan fingerprint density at radius 3 is 2.90 bits per heavy atom. The van der Waals surface area contributed by atoms with Gasteiger partial charge in [0.15, 0.2) is 0 Å². The number of benzene rings is 1. The Labute approximate surface area is 130 Å². The molecule has 110 valence electrons. The molecule has 3 aromatic rings. The molecule has 2 aromatic heterocycles. The van der Waals surface area contributed by atoms with Crippen LogP contribution in [0.4, 0.5) is 0 Å². The molecule has 1 N–H and O–H groups in total. The van der Waals surface area contributed by atoms with Gasteiger partial charge in [-0.2, -0.15) is 0 Å². The van der Waals surface area contributed by atoms with Gasteiger partial charge in [-0.25, -0.2) is 0 Å². The maximum atomic E-state index is 3.65. The number of fused-ring (bicyclic) bond motifs is 1. The summed E-state index contributed by atoms with van der Waals surface area (Å²) in [5, 5.41) is 7.34. The lowest BCUT2D eigenvalue weighted by Gasteiger charge is -2.13. The van der Waals surface area contributed by atoms with Crippen LogP contribution >= 0.6 is 11.3 Å². The van der Waals surface area contributed by atoms with Crippen LogP contribution in [-0.4, -0.2) is 11.1 Å². The van der Waals surface area contributed by atoms with Crippen molar-refractivity contribution in [3.05, 3.63) is 59.2 Å². The first-order valence-electron chi connectivity index (χ1n) is 7.54. The smallest absolute Gasteiger partial charge is 0.0346 e. The summed E-state index contributed by atoms with van der Waals surface area (Å²) >= 11 is 1.84. The van der Waals surface area contributed by atoms with E-state index < -0.39 is 0 Å². The highest BCUT2D eigenvalue weighted by molar-refractivity contribution is 7.17. The summed E-state index contributed by atoms with van der Waals surface area (Å²) < 4.78 is 3.49.